The van der Waals surface area contributed by atoms with E-state index in [-0.39, 0.29) is 23.2 Å². The van der Waals surface area contributed by atoms with Crippen LogP contribution in [0.2, 0.25) is 0 Å². The highest BCUT2D eigenvalue weighted by molar-refractivity contribution is 7.91. The molecule has 19 heavy (non-hydrogen) atoms. The van der Waals surface area contributed by atoms with Crippen molar-refractivity contribution in [2.75, 3.05) is 19.6 Å². The molecule has 0 aliphatic rings. The Kier molecular flexibility index (Phi) is 5.92. The lowest BCUT2D eigenvalue weighted by Gasteiger charge is -2.18. The molecule has 8 heteroatoms. The Morgan fingerprint density at radius 1 is 1.42 bits per heavy atom. The van der Waals surface area contributed by atoms with Gasteiger partial charge in [0.05, 0.1) is 6.54 Å². The van der Waals surface area contributed by atoms with Crippen LogP contribution in [0.4, 0.5) is 0 Å². The number of nitrogens with zero attached hydrogens (tertiary/aromatic N) is 1. The lowest BCUT2D eigenvalue weighted by molar-refractivity contribution is -0.121. The molecule has 0 saturated heterocycles. The number of sulfonamides is 1. The summed E-state index contributed by atoms with van der Waals surface area (Å²) in [6, 6.07) is 3.22. The molecule has 108 valence electrons. The monoisotopic (exact) mass is 305 g/mol. The van der Waals surface area contributed by atoms with Crippen LogP contribution in [-0.2, 0) is 21.4 Å². The van der Waals surface area contributed by atoms with Gasteiger partial charge in [-0.25, -0.2) is 8.42 Å². The number of rotatable bonds is 7. The first-order chi connectivity index (χ1) is 8.95. The van der Waals surface area contributed by atoms with Gasteiger partial charge >= 0.3 is 0 Å². The standard InChI is InChI=1S/C11H19N3O3S2/c1-3-13-10(15)8-14(4-2)19(16,17)11-6-5-9(7-12)18-11/h5-6H,3-4,7-8,12H2,1-2H3,(H,13,15). The van der Waals surface area contributed by atoms with Crippen molar-refractivity contribution in [3.63, 3.8) is 0 Å². The molecule has 1 heterocycles. The zero-order chi connectivity index (χ0) is 14.5. The molecule has 0 aromatic carbocycles. The van der Waals surface area contributed by atoms with E-state index >= 15 is 0 Å². The van der Waals surface area contributed by atoms with Gasteiger partial charge in [-0.1, -0.05) is 6.92 Å². The Morgan fingerprint density at radius 2 is 2.11 bits per heavy atom. The third-order valence-corrected chi connectivity index (χ3v) is 5.97. The highest BCUT2D eigenvalue weighted by atomic mass is 32.2. The molecule has 1 rings (SSSR count). The molecule has 0 atom stereocenters. The maximum Gasteiger partial charge on any atom is 0.253 e. The first-order valence-electron chi connectivity index (χ1n) is 6.01. The minimum Gasteiger partial charge on any atom is -0.355 e. The molecule has 0 bridgehead atoms. The topological polar surface area (TPSA) is 92.5 Å². The molecular formula is C11H19N3O3S2. The molecule has 0 aliphatic heterocycles. The van der Waals surface area contributed by atoms with Crippen LogP contribution in [0, 0.1) is 0 Å². The second-order valence-corrected chi connectivity index (χ2v) is 7.14. The van der Waals surface area contributed by atoms with Crippen LogP contribution in [0.1, 0.15) is 18.7 Å². The minimum atomic E-state index is -3.62. The van der Waals surface area contributed by atoms with E-state index in [9.17, 15) is 13.2 Å². The van der Waals surface area contributed by atoms with Crippen molar-refractivity contribution in [2.24, 2.45) is 5.73 Å². The van der Waals surface area contributed by atoms with Crippen LogP contribution < -0.4 is 11.1 Å². The second-order valence-electron chi connectivity index (χ2n) is 3.81. The summed E-state index contributed by atoms with van der Waals surface area (Å²) in [5, 5.41) is 2.59. The predicted octanol–water partition coefficient (Wildman–Crippen LogP) is 0.354. The van der Waals surface area contributed by atoms with E-state index in [1.54, 1.807) is 19.9 Å². The van der Waals surface area contributed by atoms with Crippen molar-refractivity contribution in [1.29, 1.82) is 0 Å². The van der Waals surface area contributed by atoms with E-state index in [0.717, 1.165) is 20.5 Å². The number of hydrogen-bond donors (Lipinski definition) is 2. The highest BCUT2D eigenvalue weighted by Crippen LogP contribution is 2.24. The van der Waals surface area contributed by atoms with Crippen LogP contribution in [0.5, 0.6) is 0 Å². The van der Waals surface area contributed by atoms with Crippen LogP contribution in [0.15, 0.2) is 16.3 Å². The Hall–Kier alpha value is -0.960. The van der Waals surface area contributed by atoms with Crippen molar-refractivity contribution >= 4 is 27.3 Å². The lowest BCUT2D eigenvalue weighted by atomic mass is 10.5. The Labute approximate surface area is 117 Å². The van der Waals surface area contributed by atoms with Crippen LogP contribution in [0.25, 0.3) is 0 Å². The first-order valence-corrected chi connectivity index (χ1v) is 8.27. The second kappa shape index (κ2) is 6.99. The van der Waals surface area contributed by atoms with E-state index in [1.807, 2.05) is 0 Å². The summed E-state index contributed by atoms with van der Waals surface area (Å²) in [5.41, 5.74) is 5.47. The number of carbonyl (C=O) groups excluding carboxylic acids is 1. The molecular weight excluding hydrogens is 286 g/mol. The number of likely N-dealkylation sites (N-methyl/N-ethyl adjacent to an activating group) is 2. The van der Waals surface area contributed by atoms with Gasteiger partial charge in [-0.2, -0.15) is 4.31 Å². The van der Waals surface area contributed by atoms with Crippen molar-refractivity contribution in [3.05, 3.63) is 17.0 Å². The van der Waals surface area contributed by atoms with Crippen LogP contribution in [-0.4, -0.2) is 38.3 Å². The Morgan fingerprint density at radius 3 is 2.58 bits per heavy atom. The van der Waals surface area contributed by atoms with Gasteiger partial charge in [-0.3, -0.25) is 4.79 Å². The maximum absolute atomic E-state index is 12.3. The predicted molar refractivity (Wildman–Crippen MR) is 75.3 cm³/mol. The zero-order valence-electron chi connectivity index (χ0n) is 11.0. The van der Waals surface area contributed by atoms with Crippen molar-refractivity contribution in [1.82, 2.24) is 9.62 Å². The lowest BCUT2D eigenvalue weighted by Crippen LogP contribution is -2.40. The Balaban J connectivity index is 2.92. The van der Waals surface area contributed by atoms with Crippen molar-refractivity contribution < 1.29 is 13.2 Å². The van der Waals surface area contributed by atoms with Gasteiger partial charge in [0, 0.05) is 24.5 Å². The smallest absolute Gasteiger partial charge is 0.253 e. The van der Waals surface area contributed by atoms with Crippen LogP contribution >= 0.6 is 11.3 Å². The summed E-state index contributed by atoms with van der Waals surface area (Å²) in [7, 11) is -3.62. The minimum absolute atomic E-state index is 0.164. The average Bonchev–Trinajstić information content (AvgIpc) is 2.85. The summed E-state index contributed by atoms with van der Waals surface area (Å²) >= 11 is 1.14. The third kappa shape index (κ3) is 4.00. The van der Waals surface area contributed by atoms with Gasteiger partial charge in [0.15, 0.2) is 0 Å². The van der Waals surface area contributed by atoms with E-state index in [4.69, 9.17) is 5.73 Å². The molecule has 6 nitrogen and oxygen atoms in total. The van der Waals surface area contributed by atoms with Gasteiger partial charge in [0.1, 0.15) is 4.21 Å². The summed E-state index contributed by atoms with van der Waals surface area (Å²) in [6.45, 7) is 4.36. The van der Waals surface area contributed by atoms with Gasteiger partial charge in [-0.15, -0.1) is 11.3 Å². The summed E-state index contributed by atoms with van der Waals surface area (Å²) in [4.78, 5) is 12.3. The van der Waals surface area contributed by atoms with Crippen molar-refractivity contribution in [3.8, 4) is 0 Å². The molecule has 0 aliphatic carbocycles. The number of nitrogens with two attached hydrogens (primary N) is 1. The van der Waals surface area contributed by atoms with E-state index < -0.39 is 10.0 Å². The van der Waals surface area contributed by atoms with Gasteiger partial charge < -0.3 is 11.1 Å². The molecule has 1 aromatic heterocycles. The van der Waals surface area contributed by atoms with Gasteiger partial charge in [0.25, 0.3) is 10.0 Å². The number of thiophene rings is 1. The number of amides is 1. The number of nitrogens with one attached hydrogen (secondary N) is 1. The normalized spacial score (nSPS) is 11.8. The molecule has 3 N–H and O–H groups in total. The number of carbonyl (C=O) groups is 1. The fraction of sp³-hybridized carbons (Fsp3) is 0.545. The molecule has 0 fully saturated rings. The largest absolute Gasteiger partial charge is 0.355 e. The molecule has 1 amide bonds. The third-order valence-electron chi connectivity index (χ3n) is 2.48. The molecule has 0 saturated carbocycles. The maximum atomic E-state index is 12.3. The molecule has 0 radical (unpaired) electrons. The summed E-state index contributed by atoms with van der Waals surface area (Å²) in [5.74, 6) is -0.302. The molecule has 0 unspecified atom stereocenters. The van der Waals surface area contributed by atoms with Crippen molar-refractivity contribution in [2.45, 2.75) is 24.6 Å². The van der Waals surface area contributed by atoms with Gasteiger partial charge in [-0.05, 0) is 19.1 Å². The first kappa shape index (κ1) is 16.1. The van der Waals surface area contributed by atoms with Gasteiger partial charge in [0.2, 0.25) is 5.91 Å². The Bertz CT molecular complexity index is 525. The number of hydrogen-bond acceptors (Lipinski definition) is 5. The summed E-state index contributed by atoms with van der Waals surface area (Å²) in [6.07, 6.45) is 0. The average molecular weight is 305 g/mol. The fourth-order valence-corrected chi connectivity index (χ4v) is 4.31. The van der Waals surface area contributed by atoms with E-state index in [0.29, 0.717) is 13.1 Å². The molecule has 0 spiro atoms. The quantitative estimate of drug-likeness (QED) is 0.760. The zero-order valence-corrected chi connectivity index (χ0v) is 12.7. The molecule has 1 aromatic rings. The SMILES string of the molecule is CCNC(=O)CN(CC)S(=O)(=O)c1ccc(CN)s1. The van der Waals surface area contributed by atoms with E-state index in [2.05, 4.69) is 5.32 Å². The summed E-state index contributed by atoms with van der Waals surface area (Å²) < 4.78 is 26.1. The van der Waals surface area contributed by atoms with Crippen LogP contribution in [0.3, 0.4) is 0 Å². The fourth-order valence-electron chi connectivity index (χ4n) is 1.51. The highest BCUT2D eigenvalue weighted by Gasteiger charge is 2.26. The van der Waals surface area contributed by atoms with E-state index in [1.165, 1.54) is 6.07 Å².